The lowest BCUT2D eigenvalue weighted by molar-refractivity contribution is 0.628. The molecule has 0 unspecified atom stereocenters. The standard InChI is InChI=1S/C18H14BFN2/c20-15-9-7-13(8-10-15)11-12-19-21-16-5-1-3-14-4-2-6-17(22-19)18(14)16/h1-12,21-22H/b12-11+. The van der Waals surface area contributed by atoms with Crippen LogP contribution in [0.4, 0.5) is 15.8 Å². The van der Waals surface area contributed by atoms with Crippen molar-refractivity contribution in [2.45, 2.75) is 0 Å². The summed E-state index contributed by atoms with van der Waals surface area (Å²) in [5.74, 6) is 1.83. The first-order valence-corrected chi connectivity index (χ1v) is 7.28. The molecule has 0 bridgehead atoms. The first-order chi connectivity index (χ1) is 10.8. The highest BCUT2D eigenvalue weighted by atomic mass is 19.1. The van der Waals surface area contributed by atoms with Crippen LogP contribution < -0.4 is 10.5 Å². The van der Waals surface area contributed by atoms with E-state index in [1.54, 1.807) is 12.1 Å². The van der Waals surface area contributed by atoms with Gasteiger partial charge in [0.2, 0.25) is 0 Å². The highest BCUT2D eigenvalue weighted by Crippen LogP contribution is 2.33. The van der Waals surface area contributed by atoms with Crippen molar-refractivity contribution < 1.29 is 4.39 Å². The predicted molar refractivity (Wildman–Crippen MR) is 92.4 cm³/mol. The maximum atomic E-state index is 12.9. The van der Waals surface area contributed by atoms with Crippen molar-refractivity contribution in [3.8, 4) is 0 Å². The Balaban J connectivity index is 1.63. The summed E-state index contributed by atoms with van der Waals surface area (Å²) in [4.78, 5) is 0. The normalized spacial score (nSPS) is 13.2. The van der Waals surface area contributed by atoms with Gasteiger partial charge >= 0.3 is 6.98 Å². The van der Waals surface area contributed by atoms with E-state index in [9.17, 15) is 4.39 Å². The topological polar surface area (TPSA) is 24.1 Å². The average molecular weight is 288 g/mol. The van der Waals surface area contributed by atoms with E-state index in [2.05, 4.69) is 46.9 Å². The minimum Gasteiger partial charge on any atom is -0.405 e. The monoisotopic (exact) mass is 288 g/mol. The van der Waals surface area contributed by atoms with Gasteiger partial charge in [0.15, 0.2) is 0 Å². The van der Waals surface area contributed by atoms with E-state index in [0.29, 0.717) is 0 Å². The van der Waals surface area contributed by atoms with Crippen LogP contribution in [-0.2, 0) is 0 Å². The summed E-state index contributed by atoms with van der Waals surface area (Å²) in [6.45, 7) is 0.00514. The van der Waals surface area contributed by atoms with Crippen molar-refractivity contribution in [3.05, 3.63) is 78.0 Å². The number of nitrogens with one attached hydrogen (secondary N) is 2. The molecule has 0 fully saturated rings. The highest BCUT2D eigenvalue weighted by molar-refractivity contribution is 6.73. The number of rotatable bonds is 2. The van der Waals surface area contributed by atoms with Crippen LogP contribution in [0.1, 0.15) is 5.56 Å². The van der Waals surface area contributed by atoms with Gasteiger partial charge in [-0.15, -0.1) is 0 Å². The molecule has 3 aromatic rings. The van der Waals surface area contributed by atoms with Crippen molar-refractivity contribution in [2.24, 2.45) is 0 Å². The van der Waals surface area contributed by atoms with Crippen LogP contribution in [0.25, 0.3) is 16.8 Å². The van der Waals surface area contributed by atoms with E-state index < -0.39 is 0 Å². The van der Waals surface area contributed by atoms with Gasteiger partial charge in [-0.25, -0.2) is 4.39 Å². The van der Waals surface area contributed by atoms with Crippen molar-refractivity contribution in [1.82, 2.24) is 0 Å². The first-order valence-electron chi connectivity index (χ1n) is 7.28. The first kappa shape index (κ1) is 13.0. The summed E-state index contributed by atoms with van der Waals surface area (Å²) in [6, 6.07) is 19.0. The van der Waals surface area contributed by atoms with Crippen LogP contribution in [0.2, 0.25) is 0 Å². The quantitative estimate of drug-likeness (QED) is 0.676. The zero-order chi connectivity index (χ0) is 14.9. The molecular formula is C18H14BFN2. The molecule has 22 heavy (non-hydrogen) atoms. The van der Waals surface area contributed by atoms with E-state index >= 15 is 0 Å². The SMILES string of the molecule is Fc1ccc(/C=C/B2Nc3cccc4cccc(c34)N2)cc1. The van der Waals surface area contributed by atoms with Crippen LogP contribution in [0.15, 0.2) is 66.6 Å². The van der Waals surface area contributed by atoms with E-state index in [0.717, 1.165) is 16.9 Å². The molecule has 2 nitrogen and oxygen atoms in total. The van der Waals surface area contributed by atoms with Crippen LogP contribution in [0.3, 0.4) is 0 Å². The molecule has 0 aliphatic carbocycles. The second-order valence-corrected chi connectivity index (χ2v) is 5.39. The van der Waals surface area contributed by atoms with Gasteiger partial charge in [0.05, 0.1) is 0 Å². The molecule has 1 aliphatic heterocycles. The summed E-state index contributed by atoms with van der Waals surface area (Å²) >= 11 is 0. The third-order valence-electron chi connectivity index (χ3n) is 3.88. The molecule has 3 aromatic carbocycles. The molecular weight excluding hydrogens is 274 g/mol. The van der Waals surface area contributed by atoms with E-state index in [1.807, 2.05) is 12.1 Å². The van der Waals surface area contributed by atoms with Gasteiger partial charge in [0.1, 0.15) is 5.82 Å². The summed E-state index contributed by atoms with van der Waals surface area (Å²) in [6.07, 6.45) is 1.98. The van der Waals surface area contributed by atoms with E-state index in [-0.39, 0.29) is 12.8 Å². The Morgan fingerprint density at radius 2 is 1.45 bits per heavy atom. The smallest absolute Gasteiger partial charge is 0.398 e. The molecule has 0 spiro atoms. The lowest BCUT2D eigenvalue weighted by Crippen LogP contribution is -2.35. The fraction of sp³-hybridized carbons (Fsp3) is 0. The minimum absolute atomic E-state index is 0.00514. The summed E-state index contributed by atoms with van der Waals surface area (Å²) in [5, 5.41) is 9.38. The average Bonchev–Trinajstić information content (AvgIpc) is 2.55. The molecule has 2 N–H and O–H groups in total. The van der Waals surface area contributed by atoms with Crippen molar-refractivity contribution in [3.63, 3.8) is 0 Å². The Morgan fingerprint density at radius 3 is 2.09 bits per heavy atom. The third kappa shape index (κ3) is 2.33. The fourth-order valence-electron chi connectivity index (χ4n) is 2.83. The molecule has 0 atom stereocenters. The predicted octanol–water partition coefficient (Wildman–Crippen LogP) is 4.56. The lowest BCUT2D eigenvalue weighted by atomic mass is 9.73. The van der Waals surface area contributed by atoms with Crippen LogP contribution >= 0.6 is 0 Å². The minimum atomic E-state index is -0.216. The number of hydrogen-bond acceptors (Lipinski definition) is 2. The fourth-order valence-corrected chi connectivity index (χ4v) is 2.83. The van der Waals surface area contributed by atoms with Gasteiger partial charge in [-0.05, 0) is 35.2 Å². The number of hydrogen-bond donors (Lipinski definition) is 2. The molecule has 0 saturated carbocycles. The molecule has 106 valence electrons. The molecule has 4 heteroatoms. The zero-order valence-electron chi connectivity index (χ0n) is 11.9. The van der Waals surface area contributed by atoms with Crippen LogP contribution in [0, 0.1) is 5.82 Å². The number of benzene rings is 3. The van der Waals surface area contributed by atoms with Gasteiger partial charge in [-0.1, -0.05) is 48.4 Å². The maximum Gasteiger partial charge on any atom is 0.398 e. The molecule has 4 rings (SSSR count). The van der Waals surface area contributed by atoms with E-state index in [4.69, 9.17) is 0 Å². The molecule has 0 radical (unpaired) electrons. The number of halogens is 1. The van der Waals surface area contributed by atoms with Gasteiger partial charge in [0.25, 0.3) is 0 Å². The molecule has 1 heterocycles. The second-order valence-electron chi connectivity index (χ2n) is 5.39. The molecule has 1 aliphatic rings. The summed E-state index contributed by atoms with van der Waals surface area (Å²) in [5.41, 5.74) is 3.23. The van der Waals surface area contributed by atoms with Gasteiger partial charge in [-0.2, -0.15) is 0 Å². The van der Waals surface area contributed by atoms with Gasteiger partial charge in [-0.3, -0.25) is 0 Å². The van der Waals surface area contributed by atoms with Crippen molar-refractivity contribution in [1.29, 1.82) is 0 Å². The maximum absolute atomic E-state index is 12.9. The Bertz CT molecular complexity index is 818. The summed E-state index contributed by atoms with van der Waals surface area (Å²) < 4.78 is 12.9. The molecule has 0 saturated heterocycles. The van der Waals surface area contributed by atoms with Gasteiger partial charge in [0, 0.05) is 16.8 Å². The van der Waals surface area contributed by atoms with Crippen molar-refractivity contribution >= 4 is 35.2 Å². The van der Waals surface area contributed by atoms with Crippen LogP contribution in [-0.4, -0.2) is 6.98 Å². The zero-order valence-corrected chi connectivity index (χ0v) is 11.9. The molecule has 0 amide bonds. The third-order valence-corrected chi connectivity index (χ3v) is 3.88. The van der Waals surface area contributed by atoms with Gasteiger partial charge < -0.3 is 10.5 Å². The Kier molecular flexibility index (Phi) is 3.08. The highest BCUT2D eigenvalue weighted by Gasteiger charge is 2.20. The van der Waals surface area contributed by atoms with E-state index in [1.165, 1.54) is 22.9 Å². The molecule has 0 aromatic heterocycles. The largest absolute Gasteiger partial charge is 0.405 e. The summed E-state index contributed by atoms with van der Waals surface area (Å²) in [7, 11) is 0. The van der Waals surface area contributed by atoms with Crippen molar-refractivity contribution in [2.75, 3.05) is 10.5 Å². The Morgan fingerprint density at radius 1 is 0.818 bits per heavy atom. The lowest BCUT2D eigenvalue weighted by Gasteiger charge is -2.24. The second kappa shape index (κ2) is 5.22. The van der Waals surface area contributed by atoms with Crippen LogP contribution in [0.5, 0.6) is 0 Å². The Hall–Kier alpha value is -2.75. The number of anilines is 2. The Labute approximate surface area is 128 Å².